The van der Waals surface area contributed by atoms with Crippen LogP contribution in [-0.4, -0.2) is 56.0 Å². The highest BCUT2D eigenvalue weighted by atomic mass is 16.5. The van der Waals surface area contributed by atoms with Crippen molar-refractivity contribution in [2.24, 2.45) is 5.92 Å². The first-order valence-corrected chi connectivity index (χ1v) is 10.2. The molecule has 0 saturated carbocycles. The van der Waals surface area contributed by atoms with Crippen molar-refractivity contribution in [1.82, 2.24) is 9.80 Å². The van der Waals surface area contributed by atoms with Gasteiger partial charge in [-0.05, 0) is 50.3 Å². The molecule has 6 nitrogen and oxygen atoms in total. The number of carbonyl (C=O) groups excluding carboxylic acids is 1. The lowest BCUT2D eigenvalue weighted by Gasteiger charge is -2.34. The summed E-state index contributed by atoms with van der Waals surface area (Å²) < 4.78 is 10.9. The van der Waals surface area contributed by atoms with Crippen LogP contribution in [-0.2, 0) is 6.42 Å². The zero-order chi connectivity index (χ0) is 20.8. The van der Waals surface area contributed by atoms with E-state index in [2.05, 4.69) is 11.0 Å². The minimum absolute atomic E-state index is 0.112. The van der Waals surface area contributed by atoms with Gasteiger partial charge in [-0.15, -0.1) is 0 Å². The Labute approximate surface area is 172 Å². The Kier molecular flexibility index (Phi) is 7.09. The van der Waals surface area contributed by atoms with E-state index in [0.29, 0.717) is 18.2 Å². The van der Waals surface area contributed by atoms with Crippen LogP contribution in [0.5, 0.6) is 5.75 Å². The average molecular weight is 399 g/mol. The van der Waals surface area contributed by atoms with Crippen LogP contribution in [0.3, 0.4) is 0 Å². The molecule has 2 heterocycles. The predicted octanol–water partition coefficient (Wildman–Crippen LogP) is 2.98. The Morgan fingerprint density at radius 3 is 2.86 bits per heavy atom. The van der Waals surface area contributed by atoms with E-state index in [9.17, 15) is 9.59 Å². The van der Waals surface area contributed by atoms with Gasteiger partial charge in [0.1, 0.15) is 11.5 Å². The molecule has 0 radical (unpaired) electrons. The fraction of sp³-hybridized carbons (Fsp3) is 0.478. The number of nitrogens with zero attached hydrogens (tertiary/aromatic N) is 2. The smallest absolute Gasteiger partial charge is 0.289 e. The van der Waals surface area contributed by atoms with Gasteiger partial charge in [-0.3, -0.25) is 9.59 Å². The van der Waals surface area contributed by atoms with E-state index in [-0.39, 0.29) is 17.1 Å². The quantitative estimate of drug-likeness (QED) is 0.718. The monoisotopic (exact) mass is 398 g/mol. The zero-order valence-corrected chi connectivity index (χ0v) is 17.5. The van der Waals surface area contributed by atoms with Crippen LogP contribution in [0.25, 0.3) is 0 Å². The van der Waals surface area contributed by atoms with Gasteiger partial charge in [0.2, 0.25) is 0 Å². The second-order valence-corrected chi connectivity index (χ2v) is 7.82. The molecule has 1 aromatic heterocycles. The molecule has 1 aliphatic rings. The maximum atomic E-state index is 12.7. The molecule has 3 rings (SSSR count). The topological polar surface area (TPSA) is 63.0 Å². The number of carbonyl (C=O) groups is 1. The van der Waals surface area contributed by atoms with Gasteiger partial charge in [0.05, 0.1) is 7.11 Å². The molecule has 1 aliphatic heterocycles. The van der Waals surface area contributed by atoms with Crippen LogP contribution in [0.2, 0.25) is 0 Å². The van der Waals surface area contributed by atoms with Crippen LogP contribution in [0.15, 0.2) is 45.6 Å². The van der Waals surface area contributed by atoms with Gasteiger partial charge in [0.15, 0.2) is 11.2 Å². The summed E-state index contributed by atoms with van der Waals surface area (Å²) in [6, 6.07) is 10.8. The highest BCUT2D eigenvalue weighted by Gasteiger charge is 2.24. The number of amides is 1. The van der Waals surface area contributed by atoms with Crippen LogP contribution in [0.4, 0.5) is 0 Å². The number of likely N-dealkylation sites (tertiary alicyclic amines) is 1. The third kappa shape index (κ3) is 5.70. The molecule has 0 bridgehead atoms. The molecule has 0 unspecified atom stereocenters. The molecular weight excluding hydrogens is 368 g/mol. The number of para-hydroxylation sites is 1. The van der Waals surface area contributed by atoms with E-state index in [0.717, 1.165) is 44.6 Å². The summed E-state index contributed by atoms with van der Waals surface area (Å²) in [5.41, 5.74) is 1.02. The van der Waals surface area contributed by atoms with Crippen molar-refractivity contribution in [3.05, 3.63) is 63.7 Å². The Morgan fingerprint density at radius 1 is 1.31 bits per heavy atom. The molecule has 6 heteroatoms. The summed E-state index contributed by atoms with van der Waals surface area (Å²) in [5.74, 6) is 1.67. The molecule has 29 heavy (non-hydrogen) atoms. The van der Waals surface area contributed by atoms with Crippen molar-refractivity contribution in [2.75, 3.05) is 40.3 Å². The number of piperidine rings is 1. The molecule has 156 valence electrons. The first-order valence-electron chi connectivity index (χ1n) is 10.2. The van der Waals surface area contributed by atoms with Crippen LogP contribution < -0.4 is 10.2 Å². The lowest BCUT2D eigenvalue weighted by atomic mass is 9.97. The first-order chi connectivity index (χ1) is 14.0. The van der Waals surface area contributed by atoms with Gasteiger partial charge in [0, 0.05) is 38.8 Å². The van der Waals surface area contributed by atoms with Gasteiger partial charge in [-0.2, -0.15) is 0 Å². The predicted molar refractivity (Wildman–Crippen MR) is 113 cm³/mol. The largest absolute Gasteiger partial charge is 0.496 e. The fourth-order valence-electron chi connectivity index (χ4n) is 4.06. The Bertz CT molecular complexity index is 892. The number of benzene rings is 1. The fourth-order valence-corrected chi connectivity index (χ4v) is 4.06. The average Bonchev–Trinajstić information content (AvgIpc) is 2.71. The molecule has 2 aromatic rings. The van der Waals surface area contributed by atoms with Crippen molar-refractivity contribution in [1.29, 1.82) is 0 Å². The number of hydrogen-bond donors (Lipinski definition) is 0. The van der Waals surface area contributed by atoms with Crippen molar-refractivity contribution < 1.29 is 13.9 Å². The van der Waals surface area contributed by atoms with E-state index in [1.807, 2.05) is 18.2 Å². The van der Waals surface area contributed by atoms with E-state index in [1.165, 1.54) is 17.7 Å². The van der Waals surface area contributed by atoms with Crippen molar-refractivity contribution in [3.8, 4) is 5.75 Å². The normalized spacial score (nSPS) is 17.1. The lowest BCUT2D eigenvalue weighted by molar-refractivity contribution is 0.0695. The number of aryl methyl sites for hydroxylation is 1. The number of hydrogen-bond acceptors (Lipinski definition) is 5. The molecule has 0 spiro atoms. The third-order valence-electron chi connectivity index (χ3n) is 5.47. The van der Waals surface area contributed by atoms with Crippen molar-refractivity contribution in [2.45, 2.75) is 26.2 Å². The van der Waals surface area contributed by atoms with Crippen LogP contribution in [0.1, 0.15) is 34.7 Å². The van der Waals surface area contributed by atoms with Gasteiger partial charge >= 0.3 is 0 Å². The van der Waals surface area contributed by atoms with Gasteiger partial charge in [-0.25, -0.2) is 0 Å². The molecule has 1 atom stereocenters. The minimum atomic E-state index is -0.239. The van der Waals surface area contributed by atoms with E-state index >= 15 is 0 Å². The minimum Gasteiger partial charge on any atom is -0.496 e. The van der Waals surface area contributed by atoms with Crippen LogP contribution in [0, 0.1) is 12.8 Å². The molecule has 1 amide bonds. The summed E-state index contributed by atoms with van der Waals surface area (Å²) in [6.07, 6.45) is 3.17. The van der Waals surface area contributed by atoms with Crippen LogP contribution >= 0.6 is 0 Å². The summed E-state index contributed by atoms with van der Waals surface area (Å²) in [4.78, 5) is 28.4. The summed E-state index contributed by atoms with van der Waals surface area (Å²) in [7, 11) is 3.48. The SMILES string of the molecule is COc1ccccc1CCN1CCC[C@@H](CN(C)C(=O)c2cc(=O)cc(C)o2)C1. The standard InChI is InChI=1S/C23H30N2O4/c1-17-13-20(26)14-22(29-17)23(27)24(2)15-18-7-6-11-25(16-18)12-10-19-8-4-5-9-21(19)28-3/h4-5,8-9,13-14,18H,6-7,10-12,15-16H2,1-3H3/t18-/m0/s1. The Hall–Kier alpha value is -2.60. The highest BCUT2D eigenvalue weighted by molar-refractivity contribution is 5.91. The number of ether oxygens (including phenoxy) is 1. The Morgan fingerprint density at radius 2 is 2.10 bits per heavy atom. The number of methoxy groups -OCH3 is 1. The summed E-state index contributed by atoms with van der Waals surface area (Å²) in [5, 5.41) is 0. The molecule has 0 aliphatic carbocycles. The van der Waals surface area contributed by atoms with Crippen molar-refractivity contribution in [3.63, 3.8) is 0 Å². The molecular formula is C23H30N2O4. The van der Waals surface area contributed by atoms with E-state index in [1.54, 1.807) is 26.0 Å². The van der Waals surface area contributed by atoms with Crippen molar-refractivity contribution >= 4 is 5.91 Å². The molecule has 1 fully saturated rings. The highest BCUT2D eigenvalue weighted by Crippen LogP contribution is 2.21. The molecule has 0 N–H and O–H groups in total. The first kappa shape index (κ1) is 21.1. The summed E-state index contributed by atoms with van der Waals surface area (Å²) in [6.45, 7) is 5.35. The maximum Gasteiger partial charge on any atom is 0.289 e. The van der Waals surface area contributed by atoms with Gasteiger partial charge in [-0.1, -0.05) is 18.2 Å². The van der Waals surface area contributed by atoms with E-state index in [4.69, 9.17) is 9.15 Å². The zero-order valence-electron chi connectivity index (χ0n) is 17.5. The lowest BCUT2D eigenvalue weighted by Crippen LogP contribution is -2.42. The third-order valence-corrected chi connectivity index (χ3v) is 5.47. The van der Waals surface area contributed by atoms with Gasteiger partial charge < -0.3 is 19.0 Å². The molecule has 1 aromatic carbocycles. The number of rotatable bonds is 7. The summed E-state index contributed by atoms with van der Waals surface area (Å²) >= 11 is 0. The second-order valence-electron chi connectivity index (χ2n) is 7.82. The maximum absolute atomic E-state index is 12.7. The molecule has 1 saturated heterocycles. The second kappa shape index (κ2) is 9.74. The van der Waals surface area contributed by atoms with Gasteiger partial charge in [0.25, 0.3) is 5.91 Å². The van der Waals surface area contributed by atoms with E-state index < -0.39 is 0 Å². The Balaban J connectivity index is 1.55.